The van der Waals surface area contributed by atoms with Crippen molar-refractivity contribution < 1.29 is 14.6 Å². The van der Waals surface area contributed by atoms with Gasteiger partial charge in [0.15, 0.2) is 0 Å². The molecule has 0 spiro atoms. The van der Waals surface area contributed by atoms with Gasteiger partial charge in [-0.1, -0.05) is 24.3 Å². The van der Waals surface area contributed by atoms with Crippen LogP contribution in [0, 0.1) is 0 Å². The van der Waals surface area contributed by atoms with Crippen LogP contribution in [0.3, 0.4) is 0 Å². The van der Waals surface area contributed by atoms with Gasteiger partial charge in [-0.25, -0.2) is 0 Å². The Morgan fingerprint density at radius 1 is 1.18 bits per heavy atom. The Balaban J connectivity index is 2.55. The Labute approximate surface area is 103 Å². The average Bonchev–Trinajstić information content (AvgIpc) is 2.36. The molecule has 0 radical (unpaired) electrons. The lowest BCUT2D eigenvalue weighted by Gasteiger charge is -2.16. The molecular weight excluding hydrogens is 218 g/mol. The first-order chi connectivity index (χ1) is 8.31. The second-order valence-corrected chi connectivity index (χ2v) is 3.86. The Kier molecular flexibility index (Phi) is 6.81. The van der Waals surface area contributed by atoms with Gasteiger partial charge >= 0.3 is 0 Å². The van der Waals surface area contributed by atoms with Crippen molar-refractivity contribution in [2.24, 2.45) is 0 Å². The summed E-state index contributed by atoms with van der Waals surface area (Å²) in [5.41, 5.74) is 2.20. The van der Waals surface area contributed by atoms with E-state index in [9.17, 15) is 5.11 Å². The van der Waals surface area contributed by atoms with Crippen molar-refractivity contribution in [3.05, 3.63) is 35.4 Å². The second kappa shape index (κ2) is 8.20. The van der Waals surface area contributed by atoms with Crippen molar-refractivity contribution in [1.82, 2.24) is 5.32 Å². The van der Waals surface area contributed by atoms with E-state index in [1.165, 1.54) is 0 Å². The molecule has 0 fully saturated rings. The van der Waals surface area contributed by atoms with Gasteiger partial charge in [0, 0.05) is 20.8 Å². The van der Waals surface area contributed by atoms with Crippen molar-refractivity contribution in [1.29, 1.82) is 0 Å². The van der Waals surface area contributed by atoms with Crippen LogP contribution in [-0.2, 0) is 16.1 Å². The minimum Gasteiger partial charge on any atom is -0.394 e. The van der Waals surface area contributed by atoms with Crippen LogP contribution in [0.1, 0.15) is 17.2 Å². The van der Waals surface area contributed by atoms with E-state index in [-0.39, 0.29) is 12.6 Å². The standard InChI is InChI=1S/C13H21NO3/c1-16-8-7-14-13(9-15)12-5-3-11(4-6-12)10-17-2/h3-6,13-15H,7-10H2,1-2H3. The SMILES string of the molecule is COCCNC(CO)c1ccc(COC)cc1. The molecule has 0 aliphatic carbocycles. The van der Waals surface area contributed by atoms with Gasteiger partial charge in [0.1, 0.15) is 0 Å². The molecule has 4 heteroatoms. The number of hydrogen-bond acceptors (Lipinski definition) is 4. The molecule has 0 aromatic heterocycles. The predicted molar refractivity (Wildman–Crippen MR) is 66.9 cm³/mol. The van der Waals surface area contributed by atoms with E-state index in [1.807, 2.05) is 24.3 Å². The maximum absolute atomic E-state index is 9.32. The van der Waals surface area contributed by atoms with Crippen molar-refractivity contribution in [3.8, 4) is 0 Å². The van der Waals surface area contributed by atoms with Crippen LogP contribution in [0.2, 0.25) is 0 Å². The number of hydrogen-bond donors (Lipinski definition) is 2. The van der Waals surface area contributed by atoms with Gasteiger partial charge < -0.3 is 19.9 Å². The molecule has 1 unspecified atom stereocenters. The van der Waals surface area contributed by atoms with Gasteiger partial charge in [0.05, 0.1) is 25.9 Å². The van der Waals surface area contributed by atoms with E-state index in [0.717, 1.165) is 17.7 Å². The molecule has 0 heterocycles. The number of methoxy groups -OCH3 is 2. The summed E-state index contributed by atoms with van der Waals surface area (Å²) in [6.45, 7) is 2.05. The summed E-state index contributed by atoms with van der Waals surface area (Å²) in [7, 11) is 3.34. The first kappa shape index (κ1) is 14.1. The third kappa shape index (κ3) is 4.83. The van der Waals surface area contributed by atoms with Crippen LogP contribution in [0.4, 0.5) is 0 Å². The smallest absolute Gasteiger partial charge is 0.0713 e. The lowest BCUT2D eigenvalue weighted by Crippen LogP contribution is -2.27. The maximum Gasteiger partial charge on any atom is 0.0713 e. The lowest BCUT2D eigenvalue weighted by atomic mass is 10.1. The van der Waals surface area contributed by atoms with E-state index in [2.05, 4.69) is 5.32 Å². The third-order valence-electron chi connectivity index (χ3n) is 2.57. The number of rotatable bonds is 8. The molecule has 1 aromatic rings. The Bertz CT molecular complexity index is 300. The molecule has 0 aliphatic heterocycles. The monoisotopic (exact) mass is 239 g/mol. The van der Waals surface area contributed by atoms with Crippen molar-refractivity contribution >= 4 is 0 Å². The fourth-order valence-electron chi connectivity index (χ4n) is 1.64. The van der Waals surface area contributed by atoms with Crippen LogP contribution in [-0.4, -0.2) is 39.1 Å². The van der Waals surface area contributed by atoms with Crippen molar-refractivity contribution in [2.75, 3.05) is 34.0 Å². The molecule has 1 rings (SSSR count). The zero-order valence-corrected chi connectivity index (χ0v) is 10.5. The summed E-state index contributed by atoms with van der Waals surface area (Å²) < 4.78 is 10.0. The molecule has 17 heavy (non-hydrogen) atoms. The maximum atomic E-state index is 9.32. The highest BCUT2D eigenvalue weighted by Crippen LogP contribution is 2.13. The fraction of sp³-hybridized carbons (Fsp3) is 0.538. The van der Waals surface area contributed by atoms with Gasteiger partial charge in [0.25, 0.3) is 0 Å². The molecule has 0 amide bonds. The first-order valence-corrected chi connectivity index (χ1v) is 5.72. The number of nitrogens with one attached hydrogen (secondary N) is 1. The zero-order valence-electron chi connectivity index (χ0n) is 10.5. The molecule has 1 aromatic carbocycles. The largest absolute Gasteiger partial charge is 0.394 e. The number of aliphatic hydroxyl groups is 1. The Morgan fingerprint density at radius 2 is 1.88 bits per heavy atom. The van der Waals surface area contributed by atoms with E-state index in [4.69, 9.17) is 9.47 Å². The van der Waals surface area contributed by atoms with Crippen LogP contribution in [0.25, 0.3) is 0 Å². The van der Waals surface area contributed by atoms with Crippen LogP contribution < -0.4 is 5.32 Å². The molecule has 4 nitrogen and oxygen atoms in total. The van der Waals surface area contributed by atoms with E-state index in [1.54, 1.807) is 14.2 Å². The summed E-state index contributed by atoms with van der Waals surface area (Å²) in [5, 5.41) is 12.6. The first-order valence-electron chi connectivity index (χ1n) is 5.72. The summed E-state index contributed by atoms with van der Waals surface area (Å²) in [6.07, 6.45) is 0. The van der Waals surface area contributed by atoms with E-state index < -0.39 is 0 Å². The van der Waals surface area contributed by atoms with Crippen LogP contribution in [0.15, 0.2) is 24.3 Å². The minimum absolute atomic E-state index is 0.0401. The molecule has 0 bridgehead atoms. The van der Waals surface area contributed by atoms with Gasteiger partial charge in [-0.15, -0.1) is 0 Å². The summed E-state index contributed by atoms with van der Waals surface area (Å²) in [5.74, 6) is 0. The van der Waals surface area contributed by atoms with Gasteiger partial charge in [-0.05, 0) is 11.1 Å². The summed E-state index contributed by atoms with van der Waals surface area (Å²) >= 11 is 0. The Hall–Kier alpha value is -0.940. The van der Waals surface area contributed by atoms with Crippen molar-refractivity contribution in [2.45, 2.75) is 12.6 Å². The van der Waals surface area contributed by atoms with Crippen LogP contribution >= 0.6 is 0 Å². The topological polar surface area (TPSA) is 50.7 Å². The molecular formula is C13H21NO3. The fourth-order valence-corrected chi connectivity index (χ4v) is 1.64. The van der Waals surface area contributed by atoms with Gasteiger partial charge in [0.2, 0.25) is 0 Å². The number of benzene rings is 1. The van der Waals surface area contributed by atoms with E-state index in [0.29, 0.717) is 13.2 Å². The molecule has 2 N–H and O–H groups in total. The quantitative estimate of drug-likeness (QED) is 0.667. The number of aliphatic hydroxyl groups excluding tert-OH is 1. The molecule has 96 valence electrons. The highest BCUT2D eigenvalue weighted by atomic mass is 16.5. The highest BCUT2D eigenvalue weighted by molar-refractivity contribution is 5.24. The molecule has 0 saturated carbocycles. The third-order valence-corrected chi connectivity index (χ3v) is 2.57. The predicted octanol–water partition coefficient (Wildman–Crippen LogP) is 1.10. The van der Waals surface area contributed by atoms with E-state index >= 15 is 0 Å². The molecule has 1 atom stereocenters. The summed E-state index contributed by atoms with van der Waals surface area (Å²) in [6, 6.07) is 8.00. The van der Waals surface area contributed by atoms with Gasteiger partial charge in [-0.2, -0.15) is 0 Å². The lowest BCUT2D eigenvalue weighted by molar-refractivity contribution is 0.183. The average molecular weight is 239 g/mol. The zero-order chi connectivity index (χ0) is 12.5. The molecule has 0 aliphatic rings. The van der Waals surface area contributed by atoms with Crippen molar-refractivity contribution in [3.63, 3.8) is 0 Å². The molecule has 0 saturated heterocycles. The summed E-state index contributed by atoms with van der Waals surface area (Å²) in [4.78, 5) is 0. The number of ether oxygens (including phenoxy) is 2. The van der Waals surface area contributed by atoms with Crippen LogP contribution in [0.5, 0.6) is 0 Å². The van der Waals surface area contributed by atoms with Gasteiger partial charge in [-0.3, -0.25) is 0 Å². The second-order valence-electron chi connectivity index (χ2n) is 3.86. The minimum atomic E-state index is -0.0401. The highest BCUT2D eigenvalue weighted by Gasteiger charge is 2.08. The Morgan fingerprint density at radius 3 is 2.41 bits per heavy atom. The normalized spacial score (nSPS) is 12.6.